The molecule has 6 atom stereocenters. The van der Waals surface area contributed by atoms with Crippen molar-refractivity contribution in [1.29, 1.82) is 0 Å². The van der Waals surface area contributed by atoms with Crippen molar-refractivity contribution in [1.82, 2.24) is 4.90 Å². The van der Waals surface area contributed by atoms with Crippen LogP contribution in [0.2, 0.25) is 0 Å². The maximum atomic E-state index is 11.4. The van der Waals surface area contributed by atoms with Crippen LogP contribution in [0.25, 0.3) is 0 Å². The number of hydrogen-bond donors (Lipinski definition) is 4. The summed E-state index contributed by atoms with van der Waals surface area (Å²) in [5, 5.41) is 22.6. The van der Waals surface area contributed by atoms with Gasteiger partial charge in [0, 0.05) is 29.7 Å². The molecule has 29 heavy (non-hydrogen) atoms. The molecular formula is C23H27N3O3. The summed E-state index contributed by atoms with van der Waals surface area (Å²) in [6.45, 7) is 0.882. The number of aliphatic hydroxyl groups is 2. The van der Waals surface area contributed by atoms with Gasteiger partial charge in [-0.1, -0.05) is 42.5 Å². The molecule has 2 aliphatic heterocycles. The molecule has 6 rings (SSSR count). The molecule has 6 nitrogen and oxygen atoms in total. The Morgan fingerprint density at radius 2 is 1.97 bits per heavy atom. The first-order valence-electron chi connectivity index (χ1n) is 10.4. The summed E-state index contributed by atoms with van der Waals surface area (Å²) in [4.78, 5) is 2.39. The number of ether oxygens (including phenoxy) is 1. The minimum Gasteiger partial charge on any atom is -0.478 e. The molecule has 2 heterocycles. The second-order valence-electron chi connectivity index (χ2n) is 9.34. The predicted octanol–water partition coefficient (Wildman–Crippen LogP) is 1.07. The van der Waals surface area contributed by atoms with Crippen molar-refractivity contribution in [2.75, 3.05) is 13.6 Å². The Kier molecular flexibility index (Phi) is 3.25. The standard InChI is InChI=1S/C23H27N3O3/c1-26-10-9-21-15-7-8-18(27)23(21,13-5-3-2-4-6-13)29-20-19(21)14(11-17(15)26)16(24)12-22(20,25)28/h2-8,15,17-18,27-28H,9-12,24-25H2,1H3/t15-,17+,18-,21-,22?,23-/m0/s1. The van der Waals surface area contributed by atoms with E-state index in [0.717, 1.165) is 36.1 Å². The summed E-state index contributed by atoms with van der Waals surface area (Å²) < 4.78 is 6.71. The molecule has 2 fully saturated rings. The third-order valence-corrected chi connectivity index (χ3v) is 8.08. The van der Waals surface area contributed by atoms with Gasteiger partial charge in [0.05, 0.1) is 5.41 Å². The van der Waals surface area contributed by atoms with Gasteiger partial charge in [-0.05, 0) is 37.6 Å². The Bertz CT molecular complexity index is 998. The average molecular weight is 393 g/mol. The maximum absolute atomic E-state index is 11.4. The zero-order chi connectivity index (χ0) is 20.2. The van der Waals surface area contributed by atoms with Gasteiger partial charge in [0.1, 0.15) is 11.9 Å². The van der Waals surface area contributed by atoms with Gasteiger partial charge >= 0.3 is 0 Å². The molecule has 1 saturated carbocycles. The highest BCUT2D eigenvalue weighted by Gasteiger charge is 2.75. The zero-order valence-electron chi connectivity index (χ0n) is 16.5. The van der Waals surface area contributed by atoms with E-state index in [1.54, 1.807) is 0 Å². The Hall–Kier alpha value is -2.12. The molecule has 1 spiro atoms. The lowest BCUT2D eigenvalue weighted by Gasteiger charge is -2.62. The first-order valence-corrected chi connectivity index (χ1v) is 10.4. The Balaban J connectivity index is 1.72. The summed E-state index contributed by atoms with van der Waals surface area (Å²) in [5.41, 5.74) is 13.2. The first-order chi connectivity index (χ1) is 13.8. The van der Waals surface area contributed by atoms with Gasteiger partial charge in [-0.3, -0.25) is 5.73 Å². The van der Waals surface area contributed by atoms with Crippen molar-refractivity contribution in [3.8, 4) is 0 Å². The molecule has 0 amide bonds. The lowest BCUT2D eigenvalue weighted by Crippen LogP contribution is -2.67. The van der Waals surface area contributed by atoms with Crippen molar-refractivity contribution in [3.05, 3.63) is 70.6 Å². The van der Waals surface area contributed by atoms with E-state index < -0.39 is 22.8 Å². The molecule has 1 aromatic rings. The van der Waals surface area contributed by atoms with Crippen molar-refractivity contribution in [2.45, 2.75) is 42.7 Å². The molecule has 152 valence electrons. The molecule has 5 aliphatic rings. The lowest BCUT2D eigenvalue weighted by atomic mass is 9.45. The fourth-order valence-electron chi connectivity index (χ4n) is 6.93. The molecule has 0 radical (unpaired) electrons. The number of rotatable bonds is 1. The van der Waals surface area contributed by atoms with E-state index in [1.807, 2.05) is 36.4 Å². The third kappa shape index (κ3) is 1.83. The van der Waals surface area contributed by atoms with Gasteiger partial charge in [-0.2, -0.15) is 0 Å². The van der Waals surface area contributed by atoms with E-state index in [0.29, 0.717) is 11.5 Å². The van der Waals surface area contributed by atoms with Gasteiger partial charge in [-0.15, -0.1) is 0 Å². The van der Waals surface area contributed by atoms with Gasteiger partial charge < -0.3 is 25.6 Å². The number of likely N-dealkylation sites (tertiary alicyclic amines) is 1. The van der Waals surface area contributed by atoms with Gasteiger partial charge in [-0.25, -0.2) is 0 Å². The van der Waals surface area contributed by atoms with Crippen LogP contribution in [0.4, 0.5) is 0 Å². The van der Waals surface area contributed by atoms with Crippen molar-refractivity contribution in [2.24, 2.45) is 22.8 Å². The highest BCUT2D eigenvalue weighted by atomic mass is 16.5. The Labute approximate surface area is 170 Å². The third-order valence-electron chi connectivity index (χ3n) is 8.08. The molecule has 2 bridgehead atoms. The highest BCUT2D eigenvalue weighted by molar-refractivity contribution is 5.60. The molecule has 6 heteroatoms. The van der Waals surface area contributed by atoms with Crippen LogP contribution < -0.4 is 11.5 Å². The fourth-order valence-corrected chi connectivity index (χ4v) is 6.93. The van der Waals surface area contributed by atoms with Crippen LogP contribution >= 0.6 is 0 Å². The van der Waals surface area contributed by atoms with E-state index in [2.05, 4.69) is 18.0 Å². The van der Waals surface area contributed by atoms with Crippen LogP contribution in [-0.4, -0.2) is 46.6 Å². The molecule has 1 saturated heterocycles. The van der Waals surface area contributed by atoms with E-state index in [1.165, 1.54) is 0 Å². The summed E-state index contributed by atoms with van der Waals surface area (Å²) in [6, 6.07) is 10.2. The second-order valence-corrected chi connectivity index (χ2v) is 9.34. The molecular weight excluding hydrogens is 366 g/mol. The summed E-state index contributed by atoms with van der Waals surface area (Å²) in [7, 11) is 2.16. The Morgan fingerprint density at radius 1 is 1.21 bits per heavy atom. The summed E-state index contributed by atoms with van der Waals surface area (Å²) >= 11 is 0. The monoisotopic (exact) mass is 393 g/mol. The van der Waals surface area contributed by atoms with Crippen LogP contribution in [0, 0.1) is 11.3 Å². The van der Waals surface area contributed by atoms with Crippen LogP contribution in [-0.2, 0) is 10.3 Å². The predicted molar refractivity (Wildman–Crippen MR) is 108 cm³/mol. The second kappa shape index (κ2) is 5.32. The summed E-state index contributed by atoms with van der Waals surface area (Å²) in [5.74, 6) is 0.545. The normalized spacial score (nSPS) is 45.3. The lowest BCUT2D eigenvalue weighted by molar-refractivity contribution is -0.184. The molecule has 0 aromatic heterocycles. The van der Waals surface area contributed by atoms with E-state index in [-0.39, 0.29) is 18.4 Å². The fraction of sp³-hybridized carbons (Fsp3) is 0.478. The van der Waals surface area contributed by atoms with Gasteiger partial charge in [0.2, 0.25) is 0 Å². The van der Waals surface area contributed by atoms with Crippen molar-refractivity contribution in [3.63, 3.8) is 0 Å². The van der Waals surface area contributed by atoms with E-state index >= 15 is 0 Å². The SMILES string of the molecule is CN1CC[C@]23C4=C5O[C@@]2(c2ccccc2)[C@@H](O)C=C[C@H]3[C@H]1CC4=C(N)CC5(N)O. The molecule has 6 N–H and O–H groups in total. The number of benzene rings is 1. The quantitative estimate of drug-likeness (QED) is 0.420. The smallest absolute Gasteiger partial charge is 0.177 e. The highest BCUT2D eigenvalue weighted by Crippen LogP contribution is 2.72. The number of aliphatic hydroxyl groups excluding tert-OH is 1. The summed E-state index contributed by atoms with van der Waals surface area (Å²) in [6.07, 6.45) is 4.92. The maximum Gasteiger partial charge on any atom is 0.177 e. The number of piperidine rings is 1. The Morgan fingerprint density at radius 3 is 2.72 bits per heavy atom. The number of nitrogens with zero attached hydrogens (tertiary/aromatic N) is 1. The average Bonchev–Trinajstić information content (AvgIpc) is 3.02. The first kappa shape index (κ1) is 17.7. The molecule has 3 aliphatic carbocycles. The van der Waals surface area contributed by atoms with Crippen LogP contribution in [0.3, 0.4) is 0 Å². The van der Waals surface area contributed by atoms with Crippen molar-refractivity contribution < 1.29 is 14.9 Å². The largest absolute Gasteiger partial charge is 0.478 e. The zero-order valence-corrected chi connectivity index (χ0v) is 16.5. The van der Waals surface area contributed by atoms with Crippen LogP contribution in [0.1, 0.15) is 24.8 Å². The molecule has 1 unspecified atom stereocenters. The van der Waals surface area contributed by atoms with Crippen LogP contribution in [0.5, 0.6) is 0 Å². The van der Waals surface area contributed by atoms with Crippen molar-refractivity contribution >= 4 is 0 Å². The van der Waals surface area contributed by atoms with E-state index in [9.17, 15) is 10.2 Å². The minimum absolute atomic E-state index is 0.141. The minimum atomic E-state index is -1.67. The van der Waals surface area contributed by atoms with Gasteiger partial charge in [0.25, 0.3) is 0 Å². The number of nitrogens with two attached hydrogens (primary N) is 2. The topological polar surface area (TPSA) is 105 Å². The van der Waals surface area contributed by atoms with Gasteiger partial charge in [0.15, 0.2) is 11.3 Å². The number of hydrogen-bond acceptors (Lipinski definition) is 6. The molecule has 1 aromatic carbocycles. The van der Waals surface area contributed by atoms with E-state index in [4.69, 9.17) is 16.2 Å². The van der Waals surface area contributed by atoms with Crippen LogP contribution in [0.15, 0.2) is 65.1 Å².